The fraction of sp³-hybridized carbons (Fsp3) is 0.240. The van der Waals surface area contributed by atoms with Gasteiger partial charge in [0, 0.05) is 30.2 Å². The van der Waals surface area contributed by atoms with Crippen LogP contribution < -0.4 is 0 Å². The molecule has 5 rings (SSSR count). The molecule has 0 spiro atoms. The summed E-state index contributed by atoms with van der Waals surface area (Å²) < 4.78 is 33.2. The summed E-state index contributed by atoms with van der Waals surface area (Å²) in [4.78, 5) is 40.9. The molecule has 0 saturated carbocycles. The van der Waals surface area contributed by atoms with Crippen molar-refractivity contribution in [1.29, 1.82) is 0 Å². The van der Waals surface area contributed by atoms with Crippen LogP contribution in [0.25, 0.3) is 17.0 Å². The van der Waals surface area contributed by atoms with E-state index < -0.39 is 21.2 Å². The predicted molar refractivity (Wildman–Crippen MR) is 136 cm³/mol. The first-order valence-electron chi connectivity index (χ1n) is 11.3. The smallest absolute Gasteiger partial charge is 0.294 e. The van der Waals surface area contributed by atoms with Crippen LogP contribution in [0.2, 0.25) is 0 Å². The highest BCUT2D eigenvalue weighted by atomic mass is 32.2. The quantitative estimate of drug-likeness (QED) is 0.471. The lowest BCUT2D eigenvalue weighted by Crippen LogP contribution is -2.46. The van der Waals surface area contributed by atoms with Gasteiger partial charge < -0.3 is 9.64 Å². The molecule has 36 heavy (non-hydrogen) atoms. The highest BCUT2D eigenvalue weighted by molar-refractivity contribution is 8.18. The molecule has 1 aromatic heterocycles. The van der Waals surface area contributed by atoms with Gasteiger partial charge in [0.15, 0.2) is 0 Å². The molecule has 186 valence electrons. The molecule has 9 nitrogen and oxygen atoms in total. The summed E-state index contributed by atoms with van der Waals surface area (Å²) in [5.41, 5.74) is 1.87. The Morgan fingerprint density at radius 1 is 1.06 bits per heavy atom. The van der Waals surface area contributed by atoms with Gasteiger partial charge in [0.1, 0.15) is 6.54 Å². The lowest BCUT2D eigenvalue weighted by atomic mass is 10.1. The van der Waals surface area contributed by atoms with E-state index in [2.05, 4.69) is 0 Å². The number of imide groups is 1. The number of fused-ring (bicyclic) bond motifs is 1. The molecule has 2 aliphatic heterocycles. The third-order valence-corrected chi connectivity index (χ3v) is 8.70. The van der Waals surface area contributed by atoms with Crippen LogP contribution in [0.5, 0.6) is 0 Å². The van der Waals surface area contributed by atoms with Crippen LogP contribution in [0, 0.1) is 6.92 Å². The number of hydrogen-bond acceptors (Lipinski definition) is 7. The summed E-state index contributed by atoms with van der Waals surface area (Å²) in [7, 11) is -3.90. The summed E-state index contributed by atoms with van der Waals surface area (Å²) in [6.45, 7) is 3.21. The average Bonchev–Trinajstić information content (AvgIpc) is 3.38. The Bertz CT molecular complexity index is 1500. The van der Waals surface area contributed by atoms with Gasteiger partial charge in [0.25, 0.3) is 21.2 Å². The van der Waals surface area contributed by atoms with Gasteiger partial charge in [-0.15, -0.1) is 0 Å². The van der Waals surface area contributed by atoms with Gasteiger partial charge in [-0.1, -0.05) is 35.9 Å². The maximum atomic E-state index is 13.4. The maximum Gasteiger partial charge on any atom is 0.294 e. The second-order valence-electron chi connectivity index (χ2n) is 8.48. The van der Waals surface area contributed by atoms with Crippen molar-refractivity contribution in [3.63, 3.8) is 0 Å². The van der Waals surface area contributed by atoms with Crippen molar-refractivity contribution in [3.8, 4) is 0 Å². The molecule has 2 aliphatic rings. The molecule has 2 saturated heterocycles. The first kappa shape index (κ1) is 24.3. The van der Waals surface area contributed by atoms with Gasteiger partial charge in [-0.25, -0.2) is 12.4 Å². The third kappa shape index (κ3) is 4.45. The van der Waals surface area contributed by atoms with E-state index in [1.54, 1.807) is 53.4 Å². The number of para-hydroxylation sites is 1. The zero-order valence-electron chi connectivity index (χ0n) is 19.4. The normalized spacial score (nSPS) is 18.0. The summed E-state index contributed by atoms with van der Waals surface area (Å²) >= 11 is 0.733. The van der Waals surface area contributed by atoms with Gasteiger partial charge >= 0.3 is 0 Å². The summed E-state index contributed by atoms with van der Waals surface area (Å²) in [5, 5.41) is 0.0771. The molecule has 0 unspecified atom stereocenters. The molecule has 3 amide bonds. The number of rotatable bonds is 5. The summed E-state index contributed by atoms with van der Waals surface area (Å²) in [6, 6.07) is 13.5. The van der Waals surface area contributed by atoms with Gasteiger partial charge in [-0.05, 0) is 43.0 Å². The van der Waals surface area contributed by atoms with E-state index in [-0.39, 0.29) is 22.3 Å². The minimum atomic E-state index is -3.90. The van der Waals surface area contributed by atoms with Crippen LogP contribution >= 0.6 is 11.8 Å². The number of ether oxygens (including phenoxy) is 1. The van der Waals surface area contributed by atoms with E-state index in [1.165, 1.54) is 16.2 Å². The molecule has 0 bridgehead atoms. The van der Waals surface area contributed by atoms with Crippen LogP contribution in [0.15, 0.2) is 64.5 Å². The van der Waals surface area contributed by atoms with Gasteiger partial charge in [0.05, 0.1) is 28.5 Å². The van der Waals surface area contributed by atoms with Crippen molar-refractivity contribution < 1.29 is 27.5 Å². The first-order valence-corrected chi connectivity index (χ1v) is 13.5. The molecule has 0 atom stereocenters. The van der Waals surface area contributed by atoms with Crippen LogP contribution in [0.1, 0.15) is 11.1 Å². The zero-order valence-corrected chi connectivity index (χ0v) is 21.0. The largest absolute Gasteiger partial charge is 0.378 e. The highest BCUT2D eigenvalue weighted by Gasteiger charge is 2.37. The molecule has 0 aliphatic carbocycles. The van der Waals surface area contributed by atoms with Crippen molar-refractivity contribution in [3.05, 3.63) is 70.8 Å². The molecular formula is C25H23N3O6S2. The maximum absolute atomic E-state index is 13.4. The Kier molecular flexibility index (Phi) is 6.45. The van der Waals surface area contributed by atoms with E-state index in [9.17, 15) is 22.8 Å². The van der Waals surface area contributed by atoms with E-state index in [1.807, 2.05) is 6.92 Å². The number of aryl methyl sites for hydroxylation is 1. The lowest BCUT2D eigenvalue weighted by molar-refractivity contribution is -0.139. The number of nitrogens with zero attached hydrogens (tertiary/aromatic N) is 3. The number of thioether (sulfide) groups is 1. The predicted octanol–water partition coefficient (Wildman–Crippen LogP) is 3.08. The molecule has 2 aromatic carbocycles. The number of hydrogen-bond donors (Lipinski definition) is 0. The van der Waals surface area contributed by atoms with Crippen molar-refractivity contribution in [1.82, 2.24) is 13.8 Å². The Hall–Kier alpha value is -3.41. The van der Waals surface area contributed by atoms with Crippen LogP contribution in [-0.2, 0) is 24.3 Å². The van der Waals surface area contributed by atoms with Crippen molar-refractivity contribution in [2.24, 2.45) is 0 Å². The van der Waals surface area contributed by atoms with E-state index in [0.717, 1.165) is 22.2 Å². The standard InChI is InChI=1S/C25H23N3O6S2/c1-17-6-8-19(9-7-17)36(32,33)28-15-18(20-4-2-3-5-21(20)28)14-22-24(30)27(25(31)35-22)16-23(29)26-10-12-34-13-11-26/h2-9,14-15H,10-13,16H2,1H3/b22-14-. The third-order valence-electron chi connectivity index (χ3n) is 6.10. The molecule has 0 N–H and O–H groups in total. The average molecular weight is 526 g/mol. The second-order valence-corrected chi connectivity index (χ2v) is 11.3. The highest BCUT2D eigenvalue weighted by Crippen LogP contribution is 2.35. The number of morpholine rings is 1. The molecule has 2 fully saturated rings. The Balaban J connectivity index is 1.47. The Morgan fingerprint density at radius 2 is 1.75 bits per heavy atom. The van der Waals surface area contributed by atoms with Crippen LogP contribution in [0.4, 0.5) is 4.79 Å². The van der Waals surface area contributed by atoms with Crippen LogP contribution in [-0.4, -0.2) is 72.1 Å². The fourth-order valence-corrected chi connectivity index (χ4v) is 6.35. The minimum Gasteiger partial charge on any atom is -0.378 e. The SMILES string of the molecule is Cc1ccc(S(=O)(=O)n2cc(/C=C3\SC(=O)N(CC(=O)N4CCOCC4)C3=O)c3ccccc32)cc1. The summed E-state index contributed by atoms with van der Waals surface area (Å²) in [6.07, 6.45) is 2.96. The fourth-order valence-electron chi connectivity index (χ4n) is 4.14. The number of benzene rings is 2. The second kappa shape index (κ2) is 9.57. The Morgan fingerprint density at radius 3 is 2.47 bits per heavy atom. The molecular weight excluding hydrogens is 502 g/mol. The molecule has 3 aromatic rings. The first-order chi connectivity index (χ1) is 17.3. The zero-order chi connectivity index (χ0) is 25.4. The number of carbonyl (C=O) groups is 3. The summed E-state index contributed by atoms with van der Waals surface area (Å²) in [5.74, 6) is -0.896. The van der Waals surface area contributed by atoms with Crippen molar-refractivity contribution in [2.45, 2.75) is 11.8 Å². The van der Waals surface area contributed by atoms with Crippen molar-refractivity contribution >= 4 is 55.8 Å². The van der Waals surface area contributed by atoms with Gasteiger partial charge in [-0.3, -0.25) is 19.3 Å². The van der Waals surface area contributed by atoms with E-state index in [4.69, 9.17) is 4.74 Å². The van der Waals surface area contributed by atoms with Gasteiger partial charge in [-0.2, -0.15) is 0 Å². The lowest BCUT2D eigenvalue weighted by Gasteiger charge is -2.28. The van der Waals surface area contributed by atoms with Gasteiger partial charge in [0.2, 0.25) is 5.91 Å². The molecule has 11 heteroatoms. The monoisotopic (exact) mass is 525 g/mol. The molecule has 3 heterocycles. The Labute approximate surface area is 212 Å². The van der Waals surface area contributed by atoms with Crippen molar-refractivity contribution in [2.75, 3.05) is 32.8 Å². The minimum absolute atomic E-state index is 0.130. The topological polar surface area (TPSA) is 106 Å². The van der Waals surface area contributed by atoms with E-state index >= 15 is 0 Å². The number of carbonyl (C=O) groups excluding carboxylic acids is 3. The van der Waals surface area contributed by atoms with E-state index in [0.29, 0.717) is 42.8 Å². The number of amides is 3. The van der Waals surface area contributed by atoms with Crippen LogP contribution in [0.3, 0.4) is 0 Å². The number of aromatic nitrogens is 1. The molecule has 0 radical (unpaired) electrons.